The number of aliphatic carboxylic acids is 2. The molecule has 2 fully saturated rings. The molecule has 2 aliphatic rings. The predicted molar refractivity (Wildman–Crippen MR) is 141 cm³/mol. The van der Waals surface area contributed by atoms with Gasteiger partial charge in [0, 0.05) is 29.0 Å². The zero-order chi connectivity index (χ0) is 28.0. The van der Waals surface area contributed by atoms with Crippen molar-refractivity contribution in [2.24, 2.45) is 23.2 Å². The molecule has 0 aromatic heterocycles. The van der Waals surface area contributed by atoms with Crippen LogP contribution in [0.4, 0.5) is 15.3 Å². The van der Waals surface area contributed by atoms with E-state index in [0.29, 0.717) is 5.69 Å². The van der Waals surface area contributed by atoms with Crippen LogP contribution < -0.4 is 16.0 Å². The quantitative estimate of drug-likeness (QED) is 0.358. The minimum atomic E-state index is -1.95. The molecule has 2 aromatic carbocycles. The Morgan fingerprint density at radius 3 is 2.21 bits per heavy atom. The summed E-state index contributed by atoms with van der Waals surface area (Å²) in [6.45, 7) is 8.45. The van der Waals surface area contributed by atoms with Crippen LogP contribution in [0.15, 0.2) is 42.5 Å². The number of carboxylic acids is 2. The Morgan fingerprint density at radius 2 is 1.66 bits per heavy atom. The van der Waals surface area contributed by atoms with Crippen LogP contribution in [0.5, 0.6) is 0 Å². The molecule has 0 aliphatic heterocycles. The second-order valence-electron chi connectivity index (χ2n) is 11.2. The van der Waals surface area contributed by atoms with Gasteiger partial charge in [-0.15, -0.1) is 0 Å². The van der Waals surface area contributed by atoms with Gasteiger partial charge in [-0.05, 0) is 56.5 Å². The molecule has 0 saturated heterocycles. The number of fused-ring (bicyclic) bond motifs is 2. The van der Waals surface area contributed by atoms with Crippen LogP contribution in [-0.2, 0) is 14.3 Å². The number of anilines is 1. The normalized spacial score (nSPS) is 29.7. The van der Waals surface area contributed by atoms with Crippen LogP contribution in [0, 0.1) is 23.2 Å². The molecule has 2 saturated carbocycles. The minimum absolute atomic E-state index is 0.178. The largest absolute Gasteiger partial charge is 0.481 e. The first-order valence-electron chi connectivity index (χ1n) is 12.9. The number of hydrogen-bond acceptors (Lipinski definition) is 5. The Labute approximate surface area is 221 Å². The fourth-order valence-corrected chi connectivity index (χ4v) is 6.90. The monoisotopic (exact) mass is 525 g/mol. The first kappa shape index (κ1) is 27.2. The smallest absolute Gasteiger partial charge is 0.408 e. The molecule has 6 unspecified atom stereocenters. The summed E-state index contributed by atoms with van der Waals surface area (Å²) in [5, 5.41) is 30.9. The number of amides is 3. The van der Waals surface area contributed by atoms with Crippen LogP contribution in [0.1, 0.15) is 47.5 Å². The number of ether oxygens (including phenoxy) is 1. The lowest BCUT2D eigenvalue weighted by molar-refractivity contribution is -0.153. The average molecular weight is 526 g/mol. The van der Waals surface area contributed by atoms with Crippen molar-refractivity contribution in [2.45, 2.75) is 64.6 Å². The molecule has 10 heteroatoms. The van der Waals surface area contributed by atoms with Gasteiger partial charge in [0.2, 0.25) is 0 Å². The molecule has 6 atom stereocenters. The van der Waals surface area contributed by atoms with E-state index < -0.39 is 64.4 Å². The van der Waals surface area contributed by atoms with Crippen molar-refractivity contribution >= 4 is 40.5 Å². The van der Waals surface area contributed by atoms with Gasteiger partial charge in [0.05, 0.1) is 5.92 Å². The Hall–Kier alpha value is -3.82. The lowest BCUT2D eigenvalue weighted by Gasteiger charge is -2.42. The Balaban J connectivity index is 1.68. The highest BCUT2D eigenvalue weighted by atomic mass is 16.6. The van der Waals surface area contributed by atoms with Gasteiger partial charge in [0.25, 0.3) is 0 Å². The zero-order valence-corrected chi connectivity index (χ0v) is 22.2. The van der Waals surface area contributed by atoms with E-state index in [1.807, 2.05) is 36.4 Å². The van der Waals surface area contributed by atoms with Crippen molar-refractivity contribution in [3.8, 4) is 0 Å². The van der Waals surface area contributed by atoms with E-state index >= 15 is 0 Å². The first-order chi connectivity index (χ1) is 17.8. The van der Waals surface area contributed by atoms with Crippen molar-refractivity contribution in [1.82, 2.24) is 10.6 Å². The van der Waals surface area contributed by atoms with Gasteiger partial charge in [0.1, 0.15) is 5.60 Å². The number of carboxylic acid groups (broad SMARTS) is 2. The number of benzene rings is 2. The third kappa shape index (κ3) is 4.21. The van der Waals surface area contributed by atoms with Crippen LogP contribution in [0.2, 0.25) is 0 Å². The third-order valence-electron chi connectivity index (χ3n) is 8.14. The average Bonchev–Trinajstić information content (AvgIpc) is 3.46. The number of nitrogens with one attached hydrogen (secondary N) is 3. The molecular weight excluding hydrogens is 490 g/mol. The third-order valence-corrected chi connectivity index (χ3v) is 8.14. The lowest BCUT2D eigenvalue weighted by atomic mass is 9.70. The van der Waals surface area contributed by atoms with E-state index in [2.05, 4.69) is 16.0 Å². The predicted octanol–water partition coefficient (Wildman–Crippen LogP) is 4.44. The highest BCUT2D eigenvalue weighted by Gasteiger charge is 2.88. The van der Waals surface area contributed by atoms with Crippen LogP contribution in [0.3, 0.4) is 0 Å². The summed E-state index contributed by atoms with van der Waals surface area (Å²) < 4.78 is 5.39. The van der Waals surface area contributed by atoms with Gasteiger partial charge < -0.3 is 30.9 Å². The van der Waals surface area contributed by atoms with Crippen LogP contribution in [0.25, 0.3) is 10.8 Å². The molecular formula is C28H35N3O7. The van der Waals surface area contributed by atoms with Crippen LogP contribution >= 0.6 is 0 Å². The molecule has 38 heavy (non-hydrogen) atoms. The van der Waals surface area contributed by atoms with Crippen molar-refractivity contribution in [2.75, 3.05) is 5.32 Å². The summed E-state index contributed by atoms with van der Waals surface area (Å²) in [4.78, 5) is 51.4. The maximum absolute atomic E-state index is 13.2. The maximum Gasteiger partial charge on any atom is 0.408 e. The highest BCUT2D eigenvalue weighted by Crippen LogP contribution is 2.76. The molecule has 0 radical (unpaired) electrons. The van der Waals surface area contributed by atoms with E-state index in [-0.39, 0.29) is 12.8 Å². The van der Waals surface area contributed by atoms with Gasteiger partial charge in [0.15, 0.2) is 5.54 Å². The fraction of sp³-hybridized carbons (Fsp3) is 0.500. The van der Waals surface area contributed by atoms with E-state index in [9.17, 15) is 29.4 Å². The summed E-state index contributed by atoms with van der Waals surface area (Å²) in [6.07, 6.45) is -0.493. The number of hydrogen-bond donors (Lipinski definition) is 5. The molecule has 0 spiro atoms. The number of alkyl carbamates (subject to hydrolysis) is 1. The molecule has 4 rings (SSSR count). The molecule has 5 N–H and O–H groups in total. The Kier molecular flexibility index (Phi) is 6.80. The van der Waals surface area contributed by atoms with Crippen LogP contribution in [-0.4, -0.2) is 51.5 Å². The number of carbonyl (C=O) groups excluding carboxylic acids is 2. The molecule has 0 heterocycles. The fourth-order valence-electron chi connectivity index (χ4n) is 6.90. The zero-order valence-electron chi connectivity index (χ0n) is 22.2. The molecule has 10 nitrogen and oxygen atoms in total. The van der Waals surface area contributed by atoms with Gasteiger partial charge in [-0.2, -0.15) is 0 Å². The second-order valence-corrected chi connectivity index (χ2v) is 11.2. The van der Waals surface area contributed by atoms with Crippen molar-refractivity contribution in [3.63, 3.8) is 0 Å². The number of carbonyl (C=O) groups is 4. The summed E-state index contributed by atoms with van der Waals surface area (Å²) >= 11 is 0. The van der Waals surface area contributed by atoms with Crippen molar-refractivity contribution in [3.05, 3.63) is 42.5 Å². The summed E-state index contributed by atoms with van der Waals surface area (Å²) in [6, 6.07) is 11.7. The molecule has 0 bridgehead atoms. The van der Waals surface area contributed by atoms with Gasteiger partial charge in [-0.25, -0.2) is 14.4 Å². The lowest BCUT2D eigenvalue weighted by Crippen LogP contribution is -2.66. The molecule has 2 aliphatic carbocycles. The Bertz CT molecular complexity index is 1290. The van der Waals surface area contributed by atoms with Crippen molar-refractivity contribution in [1.29, 1.82) is 0 Å². The SMILES string of the molecule is CCC1C(NC(=O)Nc2ccc3ccccc3c2)C2C(C(=O)O)C2(CC)C1(NC(=O)OC(C)(C)C)C(=O)O. The number of rotatable bonds is 7. The topological polar surface area (TPSA) is 154 Å². The molecule has 2 aromatic rings. The summed E-state index contributed by atoms with van der Waals surface area (Å²) in [5.74, 6) is -5.04. The standard InChI is InChI=1S/C28H35N3O7/c1-6-18-21(30-24(36)29-17-13-12-15-10-8-9-11-16(15)14-17)19-20(22(32)33)27(19,7-2)28(18,23(34)35)31-25(37)38-26(3,4)5/h8-14,18-21H,6-7H2,1-5H3,(H,31,37)(H,32,33)(H,34,35)(H2,29,30,36). The van der Waals surface area contributed by atoms with E-state index in [1.54, 1.807) is 40.7 Å². The van der Waals surface area contributed by atoms with E-state index in [4.69, 9.17) is 4.74 Å². The molecule has 204 valence electrons. The number of urea groups is 1. The highest BCUT2D eigenvalue weighted by molar-refractivity contribution is 5.95. The first-order valence-corrected chi connectivity index (χ1v) is 12.9. The van der Waals surface area contributed by atoms with E-state index in [0.717, 1.165) is 10.8 Å². The second kappa shape index (κ2) is 9.49. The summed E-state index contributed by atoms with van der Waals surface area (Å²) in [7, 11) is 0. The van der Waals surface area contributed by atoms with Gasteiger partial charge >= 0.3 is 24.1 Å². The summed E-state index contributed by atoms with van der Waals surface area (Å²) in [5.41, 5.74) is -3.61. The van der Waals surface area contributed by atoms with E-state index in [1.165, 1.54) is 0 Å². The van der Waals surface area contributed by atoms with Crippen molar-refractivity contribution < 1.29 is 34.1 Å². The van der Waals surface area contributed by atoms with Gasteiger partial charge in [-0.3, -0.25) is 4.79 Å². The Morgan fingerprint density at radius 1 is 1.00 bits per heavy atom. The minimum Gasteiger partial charge on any atom is -0.481 e. The van der Waals surface area contributed by atoms with Gasteiger partial charge in [-0.1, -0.05) is 44.2 Å². The molecule has 3 amide bonds. The maximum atomic E-state index is 13.2.